The van der Waals surface area contributed by atoms with Crippen molar-refractivity contribution in [1.82, 2.24) is 9.66 Å². The minimum Gasteiger partial charge on any atom is -0.368 e. The summed E-state index contributed by atoms with van der Waals surface area (Å²) >= 11 is 5.91. The monoisotopic (exact) mass is 296 g/mol. The fourth-order valence-electron chi connectivity index (χ4n) is 3.12. The number of aromatic nitrogens is 2. The van der Waals surface area contributed by atoms with Crippen LogP contribution in [0.2, 0.25) is 5.02 Å². The second-order valence-corrected chi connectivity index (χ2v) is 5.95. The van der Waals surface area contributed by atoms with Gasteiger partial charge in [-0.15, -0.1) is 0 Å². The first kappa shape index (κ1) is 13.5. The molecule has 108 valence electrons. The molecule has 2 atom stereocenters. The first-order valence-electron chi connectivity index (χ1n) is 6.90. The minimum absolute atomic E-state index is 0.0935. The molecule has 1 saturated heterocycles. The molecule has 1 aromatic carbocycles. The molecule has 0 amide bonds. The Morgan fingerprint density at radius 3 is 2.60 bits per heavy atom. The van der Waals surface area contributed by atoms with Gasteiger partial charge in [0.2, 0.25) is 5.95 Å². The summed E-state index contributed by atoms with van der Waals surface area (Å²) in [7, 11) is 0. The van der Waals surface area contributed by atoms with E-state index < -0.39 is 5.82 Å². The van der Waals surface area contributed by atoms with E-state index in [9.17, 15) is 4.39 Å². The van der Waals surface area contributed by atoms with Crippen LogP contribution in [0.3, 0.4) is 0 Å². The van der Waals surface area contributed by atoms with Crippen molar-refractivity contribution in [1.29, 1.82) is 0 Å². The maximum atomic E-state index is 13.5. The Labute approximate surface area is 122 Å². The Hall–Kier alpha value is -1.49. The van der Waals surface area contributed by atoms with Gasteiger partial charge in [-0.05, 0) is 39.2 Å². The largest absolute Gasteiger partial charge is 0.368 e. The molecule has 4 nitrogen and oxygen atoms in total. The Morgan fingerprint density at radius 2 is 1.95 bits per heavy atom. The smallest absolute Gasteiger partial charge is 0.220 e. The summed E-state index contributed by atoms with van der Waals surface area (Å²) in [6.45, 7) is 4.35. The van der Waals surface area contributed by atoms with Crippen LogP contribution >= 0.6 is 11.6 Å². The number of hydrogen-bond donors (Lipinski definition) is 1. The van der Waals surface area contributed by atoms with E-state index in [1.807, 2.05) is 4.68 Å². The molecule has 0 spiro atoms. The number of anilines is 1. The van der Waals surface area contributed by atoms with Gasteiger partial charge in [0.25, 0.3) is 0 Å². The van der Waals surface area contributed by atoms with Gasteiger partial charge in [0.15, 0.2) is 0 Å². The topological polar surface area (TPSA) is 47.1 Å². The second-order valence-electron chi connectivity index (χ2n) is 5.55. The van der Waals surface area contributed by atoms with Crippen molar-refractivity contribution in [3.05, 3.63) is 23.0 Å². The third-order valence-electron chi connectivity index (χ3n) is 4.08. The molecule has 6 heteroatoms. The highest BCUT2D eigenvalue weighted by molar-refractivity contribution is 6.31. The molecule has 0 radical (unpaired) electrons. The lowest BCUT2D eigenvalue weighted by Gasteiger charge is -2.41. The summed E-state index contributed by atoms with van der Waals surface area (Å²) in [4.78, 5) is 4.26. The van der Waals surface area contributed by atoms with E-state index in [-0.39, 0.29) is 5.02 Å². The molecule has 1 aliphatic rings. The van der Waals surface area contributed by atoms with Gasteiger partial charge in [-0.3, -0.25) is 0 Å². The fourth-order valence-corrected chi connectivity index (χ4v) is 3.28. The first-order valence-corrected chi connectivity index (χ1v) is 7.28. The number of benzene rings is 1. The standard InChI is InChI=1S/C14H18ClFN4/c1-8-4-3-5-9(2)19(8)20-13-6-10(15)11(16)7-12(13)18-14(20)17/h6-9H,3-5H2,1-2H3,(H2,17,18). The molecule has 0 bridgehead atoms. The Kier molecular flexibility index (Phi) is 3.24. The zero-order valence-electron chi connectivity index (χ0n) is 11.6. The maximum absolute atomic E-state index is 13.5. The number of halogens is 2. The van der Waals surface area contributed by atoms with Crippen LogP contribution in [-0.2, 0) is 0 Å². The number of nitrogen functional groups attached to an aromatic ring is 1. The minimum atomic E-state index is -0.469. The summed E-state index contributed by atoms with van der Waals surface area (Å²) in [6, 6.07) is 3.66. The van der Waals surface area contributed by atoms with Gasteiger partial charge in [-0.25, -0.2) is 14.1 Å². The molecule has 20 heavy (non-hydrogen) atoms. The number of rotatable bonds is 1. The molecule has 3 rings (SSSR count). The first-order chi connectivity index (χ1) is 9.49. The molecule has 1 aliphatic heterocycles. The molecule has 2 N–H and O–H groups in total. The Bertz CT molecular complexity index is 644. The highest BCUT2D eigenvalue weighted by Crippen LogP contribution is 2.29. The maximum Gasteiger partial charge on any atom is 0.220 e. The van der Waals surface area contributed by atoms with Crippen molar-refractivity contribution < 1.29 is 4.39 Å². The lowest BCUT2D eigenvalue weighted by Crippen LogP contribution is -2.51. The number of piperidine rings is 1. The molecule has 2 unspecified atom stereocenters. The second kappa shape index (κ2) is 4.81. The van der Waals surface area contributed by atoms with E-state index in [4.69, 9.17) is 17.3 Å². The van der Waals surface area contributed by atoms with Crippen LogP contribution in [0.5, 0.6) is 0 Å². The number of nitrogens with zero attached hydrogens (tertiary/aromatic N) is 3. The lowest BCUT2D eigenvalue weighted by molar-refractivity contribution is 0.343. The predicted octanol–water partition coefficient (Wildman–Crippen LogP) is 3.31. The summed E-state index contributed by atoms with van der Waals surface area (Å²) in [5, 5.41) is 2.32. The van der Waals surface area contributed by atoms with Crippen LogP contribution in [0.25, 0.3) is 11.0 Å². The highest BCUT2D eigenvalue weighted by Gasteiger charge is 2.28. The molecule has 2 heterocycles. The number of imidazole rings is 1. The fraction of sp³-hybridized carbons (Fsp3) is 0.500. The van der Waals surface area contributed by atoms with Gasteiger partial charge in [0, 0.05) is 18.2 Å². The van der Waals surface area contributed by atoms with E-state index in [1.54, 1.807) is 6.07 Å². The van der Waals surface area contributed by atoms with Gasteiger partial charge >= 0.3 is 0 Å². The van der Waals surface area contributed by atoms with Crippen molar-refractivity contribution in [3.8, 4) is 0 Å². The van der Waals surface area contributed by atoms with E-state index in [0.717, 1.165) is 18.4 Å². The van der Waals surface area contributed by atoms with Gasteiger partial charge in [0.1, 0.15) is 5.82 Å². The van der Waals surface area contributed by atoms with E-state index in [2.05, 4.69) is 23.8 Å². The third-order valence-corrected chi connectivity index (χ3v) is 4.37. The molecule has 2 aromatic rings. The van der Waals surface area contributed by atoms with Crippen molar-refractivity contribution >= 4 is 28.6 Å². The van der Waals surface area contributed by atoms with Crippen molar-refractivity contribution in [3.63, 3.8) is 0 Å². The van der Waals surface area contributed by atoms with E-state index in [1.165, 1.54) is 12.5 Å². The number of fused-ring (bicyclic) bond motifs is 1. The van der Waals surface area contributed by atoms with Gasteiger partial charge in [0.05, 0.1) is 16.1 Å². The number of nitrogens with two attached hydrogens (primary N) is 1. The molecule has 0 saturated carbocycles. The Balaban J connectivity index is 2.19. The van der Waals surface area contributed by atoms with Crippen LogP contribution in [0.1, 0.15) is 33.1 Å². The zero-order chi connectivity index (χ0) is 14.4. The summed E-state index contributed by atoms with van der Waals surface area (Å²) in [5.41, 5.74) is 7.35. The normalized spacial score (nSPS) is 23.5. The molecule has 1 fully saturated rings. The highest BCUT2D eigenvalue weighted by atomic mass is 35.5. The zero-order valence-corrected chi connectivity index (χ0v) is 12.4. The van der Waals surface area contributed by atoms with Crippen LogP contribution in [0.15, 0.2) is 12.1 Å². The average Bonchev–Trinajstić information content (AvgIpc) is 2.67. The summed E-state index contributed by atoms with van der Waals surface area (Å²) in [5.74, 6) is -0.0918. The molecule has 1 aromatic heterocycles. The van der Waals surface area contributed by atoms with Crippen molar-refractivity contribution in [2.75, 3.05) is 10.7 Å². The average molecular weight is 297 g/mol. The van der Waals surface area contributed by atoms with Gasteiger partial charge < -0.3 is 10.7 Å². The Morgan fingerprint density at radius 1 is 1.30 bits per heavy atom. The van der Waals surface area contributed by atoms with E-state index >= 15 is 0 Å². The van der Waals surface area contributed by atoms with E-state index in [0.29, 0.717) is 23.5 Å². The molecular weight excluding hydrogens is 279 g/mol. The number of hydrogen-bond acceptors (Lipinski definition) is 3. The third kappa shape index (κ3) is 2.00. The summed E-state index contributed by atoms with van der Waals surface area (Å²) in [6.07, 6.45) is 3.43. The van der Waals surface area contributed by atoms with Crippen molar-refractivity contribution in [2.24, 2.45) is 0 Å². The van der Waals surface area contributed by atoms with Crippen LogP contribution in [0, 0.1) is 5.82 Å². The van der Waals surface area contributed by atoms with Crippen LogP contribution < -0.4 is 10.7 Å². The van der Waals surface area contributed by atoms with Crippen molar-refractivity contribution in [2.45, 2.75) is 45.2 Å². The van der Waals surface area contributed by atoms with Gasteiger partial charge in [-0.1, -0.05) is 11.6 Å². The predicted molar refractivity (Wildman–Crippen MR) is 80.1 cm³/mol. The van der Waals surface area contributed by atoms with Crippen LogP contribution in [0.4, 0.5) is 10.3 Å². The van der Waals surface area contributed by atoms with Gasteiger partial charge in [-0.2, -0.15) is 0 Å². The molecule has 0 aliphatic carbocycles. The molecular formula is C14H18ClFN4. The quantitative estimate of drug-likeness (QED) is 0.878. The SMILES string of the molecule is CC1CCCC(C)N1n1c(N)nc2cc(F)c(Cl)cc21. The van der Waals surface area contributed by atoms with Crippen LogP contribution in [-0.4, -0.2) is 21.7 Å². The lowest BCUT2D eigenvalue weighted by atomic mass is 10.00. The summed E-state index contributed by atoms with van der Waals surface area (Å²) < 4.78 is 15.4.